The lowest BCUT2D eigenvalue weighted by Crippen LogP contribution is -1.53. The van der Waals surface area contributed by atoms with Gasteiger partial charge in [-0.2, -0.15) is 0 Å². The molecule has 0 saturated heterocycles. The molecule has 38 valence electrons. The average molecular weight is 116 g/mol. The number of aliphatic imine (C=N–C) groups is 1. The van der Waals surface area contributed by atoms with Gasteiger partial charge in [-0.3, -0.25) is 4.99 Å². The minimum absolute atomic E-state index is 1.33. The Balaban J connectivity index is 3.27. The van der Waals surface area contributed by atoms with Gasteiger partial charge in [-0.25, -0.2) is 0 Å². The molecule has 0 rings (SSSR count). The molecule has 0 fully saturated rings. The SMILES string of the molecule is C=CC=N/C=C/Cl. The summed E-state index contributed by atoms with van der Waals surface area (Å²) in [7, 11) is 0. The summed E-state index contributed by atoms with van der Waals surface area (Å²) >= 11 is 5.11. The van der Waals surface area contributed by atoms with Crippen LogP contribution in [0.5, 0.6) is 0 Å². The van der Waals surface area contributed by atoms with E-state index in [9.17, 15) is 0 Å². The van der Waals surface area contributed by atoms with Crippen LogP contribution in [0.1, 0.15) is 0 Å². The fourth-order valence-electron chi connectivity index (χ4n) is 0.143. The average Bonchev–Trinajstić information content (AvgIpc) is 1.69. The van der Waals surface area contributed by atoms with E-state index in [1.807, 2.05) is 0 Å². The maximum absolute atomic E-state index is 5.11. The van der Waals surface area contributed by atoms with Gasteiger partial charge >= 0.3 is 0 Å². The van der Waals surface area contributed by atoms with Gasteiger partial charge in [-0.15, -0.1) is 0 Å². The summed E-state index contributed by atoms with van der Waals surface area (Å²) in [4.78, 5) is 3.65. The predicted molar refractivity (Wildman–Crippen MR) is 33.7 cm³/mol. The molecule has 0 N–H and O–H groups in total. The molecule has 0 aliphatic heterocycles. The van der Waals surface area contributed by atoms with E-state index in [-0.39, 0.29) is 0 Å². The van der Waals surface area contributed by atoms with Gasteiger partial charge in [-0.1, -0.05) is 24.3 Å². The summed E-state index contributed by atoms with van der Waals surface area (Å²) in [6.07, 6.45) is 4.61. The third-order valence-electron chi connectivity index (χ3n) is 0.334. The second-order valence-electron chi connectivity index (χ2n) is 0.809. The zero-order valence-electron chi connectivity index (χ0n) is 3.84. The molecular weight excluding hydrogens is 110 g/mol. The normalized spacial score (nSPS) is 11.0. The molecule has 0 aromatic carbocycles. The van der Waals surface area contributed by atoms with Crippen LogP contribution in [0.3, 0.4) is 0 Å². The molecule has 0 saturated carbocycles. The standard InChI is InChI=1S/C5H6ClN/c1-2-4-7-5-3-6/h2-5H,1H2/b5-3+,7-4?. The van der Waals surface area contributed by atoms with Crippen molar-refractivity contribution in [1.82, 2.24) is 0 Å². The lowest BCUT2D eigenvalue weighted by atomic mass is 10.7. The van der Waals surface area contributed by atoms with E-state index in [4.69, 9.17) is 11.6 Å². The van der Waals surface area contributed by atoms with Gasteiger partial charge in [0.15, 0.2) is 0 Å². The first kappa shape index (κ1) is 6.44. The predicted octanol–water partition coefficient (Wildman–Crippen LogP) is 1.95. The molecular formula is C5H6ClN. The Labute approximate surface area is 48.0 Å². The summed E-state index contributed by atoms with van der Waals surface area (Å²) in [6.45, 7) is 3.41. The van der Waals surface area contributed by atoms with E-state index in [2.05, 4.69) is 11.6 Å². The monoisotopic (exact) mass is 115 g/mol. The van der Waals surface area contributed by atoms with Crippen molar-refractivity contribution in [3.05, 3.63) is 24.4 Å². The molecule has 0 amide bonds. The number of nitrogens with zero attached hydrogens (tertiary/aromatic N) is 1. The van der Waals surface area contributed by atoms with E-state index < -0.39 is 0 Å². The highest BCUT2D eigenvalue weighted by atomic mass is 35.5. The Kier molecular flexibility index (Phi) is 5.00. The maximum Gasteiger partial charge on any atom is 0.0380 e. The minimum Gasteiger partial charge on any atom is -0.264 e. The molecule has 0 aromatic heterocycles. The topological polar surface area (TPSA) is 12.4 Å². The van der Waals surface area contributed by atoms with Crippen molar-refractivity contribution in [2.45, 2.75) is 0 Å². The Bertz CT molecular complexity index is 94.3. The summed E-state index contributed by atoms with van der Waals surface area (Å²) in [5, 5.41) is 0. The van der Waals surface area contributed by atoms with Crippen molar-refractivity contribution >= 4 is 17.8 Å². The van der Waals surface area contributed by atoms with Crippen molar-refractivity contribution in [2.75, 3.05) is 0 Å². The summed E-state index contributed by atoms with van der Waals surface area (Å²) < 4.78 is 0. The van der Waals surface area contributed by atoms with Crippen LogP contribution in [-0.4, -0.2) is 6.21 Å². The molecule has 0 aromatic rings. The third kappa shape index (κ3) is 5.44. The zero-order chi connectivity index (χ0) is 5.54. The first-order valence-corrected chi connectivity index (χ1v) is 2.25. The Morgan fingerprint density at radius 3 is 2.71 bits per heavy atom. The third-order valence-corrected chi connectivity index (χ3v) is 0.447. The van der Waals surface area contributed by atoms with Crippen LogP contribution in [-0.2, 0) is 0 Å². The molecule has 0 atom stereocenters. The highest BCUT2D eigenvalue weighted by molar-refractivity contribution is 6.25. The van der Waals surface area contributed by atoms with Gasteiger partial charge in [0.1, 0.15) is 0 Å². The van der Waals surface area contributed by atoms with E-state index in [0.717, 1.165) is 0 Å². The highest BCUT2D eigenvalue weighted by Crippen LogP contribution is 1.76. The largest absolute Gasteiger partial charge is 0.264 e. The molecule has 0 aliphatic carbocycles. The van der Waals surface area contributed by atoms with Crippen LogP contribution in [0.25, 0.3) is 0 Å². The first-order chi connectivity index (χ1) is 3.41. The number of hydrogen-bond donors (Lipinski definition) is 0. The van der Waals surface area contributed by atoms with Crippen LogP contribution in [0, 0.1) is 0 Å². The Morgan fingerprint density at radius 2 is 2.29 bits per heavy atom. The van der Waals surface area contributed by atoms with Gasteiger partial charge in [-0.05, 0) is 0 Å². The van der Waals surface area contributed by atoms with E-state index in [1.165, 1.54) is 11.7 Å². The summed E-state index contributed by atoms with van der Waals surface area (Å²) in [5.74, 6) is 0. The van der Waals surface area contributed by atoms with Crippen molar-refractivity contribution in [2.24, 2.45) is 4.99 Å². The second-order valence-corrected chi connectivity index (χ2v) is 1.06. The lowest BCUT2D eigenvalue weighted by molar-refractivity contribution is 1.62. The maximum atomic E-state index is 5.11. The Morgan fingerprint density at radius 1 is 1.57 bits per heavy atom. The van der Waals surface area contributed by atoms with Crippen molar-refractivity contribution in [3.8, 4) is 0 Å². The molecule has 1 nitrogen and oxygen atoms in total. The molecule has 0 unspecified atom stereocenters. The van der Waals surface area contributed by atoms with Crippen LogP contribution in [0.4, 0.5) is 0 Å². The number of rotatable bonds is 2. The van der Waals surface area contributed by atoms with Crippen LogP contribution in [0.15, 0.2) is 29.4 Å². The summed E-state index contributed by atoms with van der Waals surface area (Å²) in [5.41, 5.74) is 1.33. The van der Waals surface area contributed by atoms with Crippen LogP contribution >= 0.6 is 11.6 Å². The van der Waals surface area contributed by atoms with Gasteiger partial charge in [0.05, 0.1) is 0 Å². The second kappa shape index (κ2) is 5.44. The number of hydrogen-bond acceptors (Lipinski definition) is 1. The molecule has 0 bridgehead atoms. The number of allylic oxidation sites excluding steroid dienone is 1. The van der Waals surface area contributed by atoms with Gasteiger partial charge in [0.25, 0.3) is 0 Å². The van der Waals surface area contributed by atoms with Crippen LogP contribution < -0.4 is 0 Å². The van der Waals surface area contributed by atoms with E-state index in [0.29, 0.717) is 0 Å². The molecule has 2 heteroatoms. The van der Waals surface area contributed by atoms with Gasteiger partial charge in [0, 0.05) is 17.9 Å². The first-order valence-electron chi connectivity index (χ1n) is 1.81. The van der Waals surface area contributed by atoms with Gasteiger partial charge < -0.3 is 0 Å². The molecule has 0 heterocycles. The molecule has 0 spiro atoms. The van der Waals surface area contributed by atoms with Crippen molar-refractivity contribution in [1.29, 1.82) is 0 Å². The van der Waals surface area contributed by atoms with E-state index in [1.54, 1.807) is 12.3 Å². The fourth-order valence-corrected chi connectivity index (χ4v) is 0.208. The molecule has 0 radical (unpaired) electrons. The molecule has 0 aliphatic rings. The fraction of sp³-hybridized carbons (Fsp3) is 0. The molecule has 7 heavy (non-hydrogen) atoms. The number of halogens is 1. The lowest BCUT2D eigenvalue weighted by Gasteiger charge is -1.65. The minimum atomic E-state index is 1.33. The smallest absolute Gasteiger partial charge is 0.0380 e. The van der Waals surface area contributed by atoms with Crippen molar-refractivity contribution < 1.29 is 0 Å². The zero-order valence-corrected chi connectivity index (χ0v) is 4.60. The van der Waals surface area contributed by atoms with Gasteiger partial charge in [0.2, 0.25) is 0 Å². The summed E-state index contributed by atoms with van der Waals surface area (Å²) in [6, 6.07) is 0. The quantitative estimate of drug-likeness (QED) is 0.488. The van der Waals surface area contributed by atoms with E-state index >= 15 is 0 Å². The highest BCUT2D eigenvalue weighted by Gasteiger charge is 1.53. The van der Waals surface area contributed by atoms with Crippen molar-refractivity contribution in [3.63, 3.8) is 0 Å². The van der Waals surface area contributed by atoms with Crippen LogP contribution in [0.2, 0.25) is 0 Å². The Hall–Kier alpha value is -0.560.